The van der Waals surface area contributed by atoms with Gasteiger partial charge in [0.25, 0.3) is 5.91 Å². The molecular formula is C25H23N3O3. The molecular weight excluding hydrogens is 390 g/mol. The van der Waals surface area contributed by atoms with Crippen molar-refractivity contribution in [2.24, 2.45) is 11.8 Å². The van der Waals surface area contributed by atoms with E-state index in [-0.39, 0.29) is 23.8 Å². The second-order valence-electron chi connectivity index (χ2n) is 8.74. The fourth-order valence-electron chi connectivity index (χ4n) is 6.48. The van der Waals surface area contributed by atoms with Gasteiger partial charge < -0.3 is 4.90 Å². The Labute approximate surface area is 180 Å². The van der Waals surface area contributed by atoms with Gasteiger partial charge in [0.15, 0.2) is 0 Å². The number of nitrogens with zero attached hydrogens (tertiary/aromatic N) is 3. The highest BCUT2D eigenvalue weighted by atomic mass is 16.2. The molecule has 0 N–H and O–H groups in total. The first-order valence-corrected chi connectivity index (χ1v) is 10.8. The van der Waals surface area contributed by atoms with Gasteiger partial charge in [-0.15, -0.1) is 6.58 Å². The number of hydrogen-bond acceptors (Lipinski definition) is 4. The van der Waals surface area contributed by atoms with E-state index in [0.717, 1.165) is 24.1 Å². The summed E-state index contributed by atoms with van der Waals surface area (Å²) in [6.45, 7) is 4.91. The van der Waals surface area contributed by atoms with Gasteiger partial charge in [0, 0.05) is 23.8 Å². The van der Waals surface area contributed by atoms with E-state index in [1.807, 2.05) is 42.5 Å². The van der Waals surface area contributed by atoms with Gasteiger partial charge in [0.1, 0.15) is 5.54 Å². The number of carbonyl (C=O) groups is 3. The van der Waals surface area contributed by atoms with Crippen LogP contribution in [0.15, 0.2) is 67.3 Å². The lowest BCUT2D eigenvalue weighted by Gasteiger charge is -2.37. The van der Waals surface area contributed by atoms with Crippen molar-refractivity contribution in [2.75, 3.05) is 22.9 Å². The Morgan fingerprint density at radius 3 is 2.52 bits per heavy atom. The topological polar surface area (TPSA) is 60.9 Å². The van der Waals surface area contributed by atoms with Crippen LogP contribution < -0.4 is 9.80 Å². The maximum atomic E-state index is 14.1. The van der Waals surface area contributed by atoms with Crippen LogP contribution in [0.2, 0.25) is 0 Å². The van der Waals surface area contributed by atoms with Crippen molar-refractivity contribution in [3.63, 3.8) is 0 Å². The molecule has 6 rings (SSSR count). The van der Waals surface area contributed by atoms with E-state index in [2.05, 4.69) is 11.5 Å². The van der Waals surface area contributed by atoms with Gasteiger partial charge in [-0.1, -0.05) is 42.5 Å². The minimum Gasteiger partial charge on any atom is -0.306 e. The Morgan fingerprint density at radius 2 is 1.74 bits per heavy atom. The third-order valence-electron chi connectivity index (χ3n) is 7.47. The van der Waals surface area contributed by atoms with E-state index >= 15 is 0 Å². The molecule has 1 spiro atoms. The third kappa shape index (κ3) is 2.08. The standard InChI is InChI=1S/C25H23N3O3/c1-2-14-26-18-12-7-6-11-17(18)25(24(26)31)21-20(19-13-8-15-27(19)25)22(29)28(23(21)30)16-9-4-3-5-10-16/h2-7,9-12,19-21H,1,8,13-15H2/t19-,20-,21+,25+/m1/s1. The number of benzene rings is 2. The summed E-state index contributed by atoms with van der Waals surface area (Å²) in [7, 11) is 0. The molecule has 0 aliphatic carbocycles. The van der Waals surface area contributed by atoms with Crippen LogP contribution >= 0.6 is 0 Å². The highest BCUT2D eigenvalue weighted by Crippen LogP contribution is 2.61. The Morgan fingerprint density at radius 1 is 1.00 bits per heavy atom. The van der Waals surface area contributed by atoms with Gasteiger partial charge in [0.05, 0.1) is 17.5 Å². The van der Waals surface area contributed by atoms with Crippen molar-refractivity contribution in [2.45, 2.75) is 24.4 Å². The molecule has 4 aliphatic rings. The van der Waals surface area contributed by atoms with Crippen LogP contribution in [-0.4, -0.2) is 41.8 Å². The van der Waals surface area contributed by atoms with Crippen molar-refractivity contribution in [1.82, 2.24) is 4.90 Å². The molecule has 31 heavy (non-hydrogen) atoms. The predicted molar refractivity (Wildman–Crippen MR) is 116 cm³/mol. The van der Waals surface area contributed by atoms with Crippen molar-refractivity contribution < 1.29 is 14.4 Å². The quantitative estimate of drug-likeness (QED) is 0.574. The largest absolute Gasteiger partial charge is 0.306 e. The molecule has 4 atom stereocenters. The normalized spacial score (nSPS) is 31.5. The van der Waals surface area contributed by atoms with Gasteiger partial charge in [-0.3, -0.25) is 19.3 Å². The minimum atomic E-state index is -1.12. The molecule has 2 aromatic rings. The van der Waals surface area contributed by atoms with E-state index in [9.17, 15) is 14.4 Å². The number of hydrogen-bond donors (Lipinski definition) is 0. The van der Waals surface area contributed by atoms with Crippen LogP contribution in [0.3, 0.4) is 0 Å². The average Bonchev–Trinajstić information content (AvgIpc) is 3.48. The smallest absolute Gasteiger partial charge is 0.253 e. The molecule has 3 saturated heterocycles. The van der Waals surface area contributed by atoms with E-state index in [4.69, 9.17) is 0 Å². The summed E-state index contributed by atoms with van der Waals surface area (Å²) in [6, 6.07) is 16.7. The summed E-state index contributed by atoms with van der Waals surface area (Å²) >= 11 is 0. The van der Waals surface area contributed by atoms with E-state index in [1.165, 1.54) is 4.90 Å². The number of fused-ring (bicyclic) bond motifs is 7. The summed E-state index contributed by atoms with van der Waals surface area (Å²) in [5, 5.41) is 0. The minimum absolute atomic E-state index is 0.101. The lowest BCUT2D eigenvalue weighted by atomic mass is 9.75. The summed E-state index contributed by atoms with van der Waals surface area (Å²) < 4.78 is 0. The zero-order chi connectivity index (χ0) is 21.3. The molecule has 3 fully saturated rings. The molecule has 2 aromatic carbocycles. The number of para-hydroxylation sites is 2. The molecule has 0 radical (unpaired) electrons. The van der Waals surface area contributed by atoms with Gasteiger partial charge >= 0.3 is 0 Å². The predicted octanol–water partition coefficient (Wildman–Crippen LogP) is 2.70. The molecule has 4 aliphatic heterocycles. The van der Waals surface area contributed by atoms with Gasteiger partial charge in [-0.05, 0) is 37.6 Å². The van der Waals surface area contributed by atoms with Crippen LogP contribution in [-0.2, 0) is 19.9 Å². The number of carbonyl (C=O) groups excluding carboxylic acids is 3. The summed E-state index contributed by atoms with van der Waals surface area (Å²) in [4.78, 5) is 46.9. The number of amides is 3. The maximum absolute atomic E-state index is 14.1. The van der Waals surface area contributed by atoms with Gasteiger partial charge in [0.2, 0.25) is 11.8 Å². The average molecular weight is 413 g/mol. The van der Waals surface area contributed by atoms with Crippen LogP contribution in [0.5, 0.6) is 0 Å². The zero-order valence-electron chi connectivity index (χ0n) is 17.1. The molecule has 6 heteroatoms. The zero-order valence-corrected chi connectivity index (χ0v) is 17.1. The first kappa shape index (κ1) is 18.5. The highest BCUT2D eigenvalue weighted by molar-refractivity contribution is 6.26. The number of imide groups is 1. The first-order valence-electron chi connectivity index (χ1n) is 10.8. The monoisotopic (exact) mass is 413 g/mol. The van der Waals surface area contributed by atoms with Crippen molar-refractivity contribution in [3.05, 3.63) is 72.8 Å². The lowest BCUT2D eigenvalue weighted by Crippen LogP contribution is -2.56. The van der Waals surface area contributed by atoms with Gasteiger partial charge in [-0.2, -0.15) is 0 Å². The Balaban J connectivity index is 1.58. The van der Waals surface area contributed by atoms with Crippen LogP contribution in [0.1, 0.15) is 18.4 Å². The Kier molecular flexibility index (Phi) is 3.81. The second kappa shape index (κ2) is 6.37. The van der Waals surface area contributed by atoms with E-state index in [1.54, 1.807) is 23.1 Å². The molecule has 6 nitrogen and oxygen atoms in total. The van der Waals surface area contributed by atoms with Crippen LogP contribution in [0.25, 0.3) is 0 Å². The molecule has 0 bridgehead atoms. The Hall–Kier alpha value is -3.25. The fraction of sp³-hybridized carbons (Fsp3) is 0.320. The number of anilines is 2. The Bertz CT molecular complexity index is 1130. The maximum Gasteiger partial charge on any atom is 0.253 e. The van der Waals surface area contributed by atoms with Crippen LogP contribution in [0.4, 0.5) is 11.4 Å². The summed E-state index contributed by atoms with van der Waals surface area (Å²) in [5.74, 6) is -1.77. The summed E-state index contributed by atoms with van der Waals surface area (Å²) in [6.07, 6.45) is 3.44. The second-order valence-corrected chi connectivity index (χ2v) is 8.74. The van der Waals surface area contributed by atoms with E-state index in [0.29, 0.717) is 18.8 Å². The fourth-order valence-corrected chi connectivity index (χ4v) is 6.48. The first-order chi connectivity index (χ1) is 15.1. The highest BCUT2D eigenvalue weighted by Gasteiger charge is 2.75. The van der Waals surface area contributed by atoms with Gasteiger partial charge in [-0.25, -0.2) is 4.90 Å². The SMILES string of the molecule is C=CCN1C(=O)[C@]2(c3ccccc31)[C@@H]1C(=O)N(c3ccccc3)C(=O)[C@@H]1[C@H]1CCCN12. The third-order valence-corrected chi connectivity index (χ3v) is 7.47. The lowest BCUT2D eigenvalue weighted by molar-refractivity contribution is -0.137. The summed E-state index contributed by atoms with van der Waals surface area (Å²) in [5.41, 5.74) is 1.12. The van der Waals surface area contributed by atoms with E-state index < -0.39 is 17.4 Å². The molecule has 4 heterocycles. The molecule has 3 amide bonds. The van der Waals surface area contributed by atoms with Crippen molar-refractivity contribution in [3.8, 4) is 0 Å². The molecule has 156 valence electrons. The molecule has 0 saturated carbocycles. The van der Waals surface area contributed by atoms with Crippen LogP contribution in [0, 0.1) is 11.8 Å². The molecule has 0 aromatic heterocycles. The van der Waals surface area contributed by atoms with Crippen molar-refractivity contribution >= 4 is 29.1 Å². The molecule has 0 unspecified atom stereocenters. The number of rotatable bonds is 3. The van der Waals surface area contributed by atoms with Crippen molar-refractivity contribution in [1.29, 1.82) is 0 Å².